The molecule has 104 valence electrons. The Morgan fingerprint density at radius 3 is 2.70 bits per heavy atom. The second-order valence-corrected chi connectivity index (χ2v) is 4.31. The number of nitrogens with zero attached hydrogens (tertiary/aromatic N) is 3. The van der Waals surface area contributed by atoms with Crippen LogP contribution in [0.2, 0.25) is 0 Å². The smallest absolute Gasteiger partial charge is 0.321 e. The molecule has 5 nitrogen and oxygen atoms in total. The average Bonchev–Trinajstić information content (AvgIpc) is 2.48. The van der Waals surface area contributed by atoms with E-state index < -0.39 is 0 Å². The number of aromatic nitrogens is 2. The van der Waals surface area contributed by atoms with E-state index in [0.717, 1.165) is 5.69 Å². The van der Waals surface area contributed by atoms with Gasteiger partial charge in [0, 0.05) is 44.3 Å². The Morgan fingerprint density at radius 2 is 2.05 bits per heavy atom. The van der Waals surface area contributed by atoms with Crippen LogP contribution in [-0.2, 0) is 6.42 Å². The minimum Gasteiger partial charge on any atom is -0.327 e. The number of likely N-dealkylation sites (N-methyl/N-ethyl adjacent to an activating group) is 1. The zero-order valence-electron chi connectivity index (χ0n) is 11.1. The van der Waals surface area contributed by atoms with Gasteiger partial charge in [0.25, 0.3) is 0 Å². The van der Waals surface area contributed by atoms with Crippen molar-refractivity contribution in [1.29, 1.82) is 0 Å². The zero-order valence-corrected chi connectivity index (χ0v) is 11.1. The van der Waals surface area contributed by atoms with Crippen molar-refractivity contribution in [2.75, 3.05) is 18.9 Å². The van der Waals surface area contributed by atoms with E-state index in [-0.39, 0.29) is 11.8 Å². The number of nitrogens with one attached hydrogen (secondary N) is 1. The highest BCUT2D eigenvalue weighted by Gasteiger charge is 2.09. The molecule has 0 spiro atoms. The zero-order chi connectivity index (χ0) is 14.4. The van der Waals surface area contributed by atoms with Crippen molar-refractivity contribution in [2.24, 2.45) is 0 Å². The molecule has 20 heavy (non-hydrogen) atoms. The minimum absolute atomic E-state index is 0.250. The molecule has 2 aromatic rings. The maximum absolute atomic E-state index is 12.8. The summed E-state index contributed by atoms with van der Waals surface area (Å²) in [6.07, 6.45) is 5.52. The van der Waals surface area contributed by atoms with Gasteiger partial charge in [0.15, 0.2) is 0 Å². The Morgan fingerprint density at radius 1 is 1.30 bits per heavy atom. The standard InChI is InChI=1S/C14H15FN4O/c1-19(9-6-13-10-16-7-8-17-13)14(20)18-12-4-2-11(15)3-5-12/h2-5,7-8,10H,6,9H2,1H3,(H,18,20). The third-order valence-corrected chi connectivity index (χ3v) is 2.76. The van der Waals surface area contributed by atoms with Crippen molar-refractivity contribution in [3.8, 4) is 0 Å². The summed E-state index contributed by atoms with van der Waals surface area (Å²) in [5, 5.41) is 2.69. The van der Waals surface area contributed by atoms with Gasteiger partial charge < -0.3 is 10.2 Å². The van der Waals surface area contributed by atoms with Crippen LogP contribution in [0.1, 0.15) is 5.69 Å². The number of benzene rings is 1. The van der Waals surface area contributed by atoms with E-state index in [4.69, 9.17) is 0 Å². The lowest BCUT2D eigenvalue weighted by atomic mass is 10.3. The molecule has 0 aliphatic heterocycles. The van der Waals surface area contributed by atoms with Gasteiger partial charge >= 0.3 is 6.03 Å². The molecule has 6 heteroatoms. The number of rotatable bonds is 4. The molecule has 0 unspecified atom stereocenters. The van der Waals surface area contributed by atoms with Gasteiger partial charge in [-0.15, -0.1) is 0 Å². The third-order valence-electron chi connectivity index (χ3n) is 2.76. The first-order chi connectivity index (χ1) is 9.65. The SMILES string of the molecule is CN(CCc1cnccn1)C(=O)Nc1ccc(F)cc1. The molecule has 0 aliphatic rings. The number of anilines is 1. The van der Waals surface area contributed by atoms with Crippen LogP contribution in [-0.4, -0.2) is 34.5 Å². The van der Waals surface area contributed by atoms with Crippen LogP contribution in [0.5, 0.6) is 0 Å². The van der Waals surface area contributed by atoms with Crippen molar-refractivity contribution in [1.82, 2.24) is 14.9 Å². The van der Waals surface area contributed by atoms with Crippen molar-refractivity contribution in [2.45, 2.75) is 6.42 Å². The van der Waals surface area contributed by atoms with E-state index in [0.29, 0.717) is 18.7 Å². The number of amides is 2. The average molecular weight is 274 g/mol. The lowest BCUT2D eigenvalue weighted by Crippen LogP contribution is -2.33. The summed E-state index contributed by atoms with van der Waals surface area (Å²) in [6, 6.07) is 5.39. The van der Waals surface area contributed by atoms with Crippen LogP contribution in [0.4, 0.5) is 14.9 Å². The molecule has 0 radical (unpaired) electrons. The highest BCUT2D eigenvalue weighted by Crippen LogP contribution is 2.09. The molecule has 1 aromatic heterocycles. The van der Waals surface area contributed by atoms with E-state index in [1.807, 2.05) is 0 Å². The largest absolute Gasteiger partial charge is 0.327 e. The summed E-state index contributed by atoms with van der Waals surface area (Å²) in [7, 11) is 1.69. The summed E-state index contributed by atoms with van der Waals surface area (Å²) in [5.74, 6) is -0.334. The second kappa shape index (κ2) is 6.60. The van der Waals surface area contributed by atoms with Crippen LogP contribution < -0.4 is 5.32 Å². The lowest BCUT2D eigenvalue weighted by Gasteiger charge is -2.17. The predicted molar refractivity (Wildman–Crippen MR) is 73.8 cm³/mol. The molecular formula is C14H15FN4O. The highest BCUT2D eigenvalue weighted by molar-refractivity contribution is 5.89. The van der Waals surface area contributed by atoms with Gasteiger partial charge in [-0.2, -0.15) is 0 Å². The van der Waals surface area contributed by atoms with Crippen molar-refractivity contribution >= 4 is 11.7 Å². The highest BCUT2D eigenvalue weighted by atomic mass is 19.1. The van der Waals surface area contributed by atoms with Crippen molar-refractivity contribution < 1.29 is 9.18 Å². The van der Waals surface area contributed by atoms with E-state index in [2.05, 4.69) is 15.3 Å². The normalized spacial score (nSPS) is 10.1. The van der Waals surface area contributed by atoms with Crippen molar-refractivity contribution in [3.63, 3.8) is 0 Å². The minimum atomic E-state index is -0.334. The monoisotopic (exact) mass is 274 g/mol. The maximum Gasteiger partial charge on any atom is 0.321 e. The first kappa shape index (κ1) is 13.9. The van der Waals surface area contributed by atoms with Gasteiger partial charge in [0.05, 0.1) is 5.69 Å². The number of carbonyl (C=O) groups excluding carboxylic acids is 1. The van der Waals surface area contributed by atoms with Crippen LogP contribution in [0.3, 0.4) is 0 Å². The maximum atomic E-state index is 12.8. The second-order valence-electron chi connectivity index (χ2n) is 4.31. The summed E-state index contributed by atoms with van der Waals surface area (Å²) < 4.78 is 12.8. The summed E-state index contributed by atoms with van der Waals surface area (Å²) in [4.78, 5) is 21.6. The Balaban J connectivity index is 1.84. The first-order valence-corrected chi connectivity index (χ1v) is 6.18. The molecular weight excluding hydrogens is 259 g/mol. The number of urea groups is 1. The number of halogens is 1. The van der Waals surface area contributed by atoms with E-state index in [1.54, 1.807) is 25.6 Å². The molecule has 0 saturated heterocycles. The quantitative estimate of drug-likeness (QED) is 0.930. The van der Waals surface area contributed by atoms with Gasteiger partial charge in [0.2, 0.25) is 0 Å². The van der Waals surface area contributed by atoms with Gasteiger partial charge in [-0.3, -0.25) is 9.97 Å². The molecule has 0 saturated carbocycles. The number of carbonyl (C=O) groups is 1. The lowest BCUT2D eigenvalue weighted by molar-refractivity contribution is 0.223. The van der Waals surface area contributed by atoms with E-state index >= 15 is 0 Å². The van der Waals surface area contributed by atoms with Crippen LogP contribution in [0.15, 0.2) is 42.9 Å². The van der Waals surface area contributed by atoms with E-state index in [1.165, 1.54) is 29.2 Å². The Hall–Kier alpha value is -2.50. The molecule has 0 bridgehead atoms. The molecule has 2 amide bonds. The summed E-state index contributed by atoms with van der Waals surface area (Å²) in [6.45, 7) is 0.520. The molecule has 1 aromatic carbocycles. The van der Waals surface area contributed by atoms with Gasteiger partial charge in [-0.1, -0.05) is 0 Å². The fraction of sp³-hybridized carbons (Fsp3) is 0.214. The van der Waals surface area contributed by atoms with Crippen LogP contribution in [0.25, 0.3) is 0 Å². The van der Waals surface area contributed by atoms with Crippen molar-refractivity contribution in [3.05, 3.63) is 54.4 Å². The number of hydrogen-bond donors (Lipinski definition) is 1. The van der Waals surface area contributed by atoms with Crippen LogP contribution in [0, 0.1) is 5.82 Å². The first-order valence-electron chi connectivity index (χ1n) is 6.18. The topological polar surface area (TPSA) is 58.1 Å². The molecule has 0 atom stereocenters. The molecule has 0 aliphatic carbocycles. The fourth-order valence-electron chi connectivity index (χ4n) is 1.59. The third kappa shape index (κ3) is 4.01. The Labute approximate surface area is 116 Å². The van der Waals surface area contributed by atoms with Crippen LogP contribution >= 0.6 is 0 Å². The fourth-order valence-corrected chi connectivity index (χ4v) is 1.59. The number of hydrogen-bond acceptors (Lipinski definition) is 3. The van der Waals surface area contributed by atoms with E-state index in [9.17, 15) is 9.18 Å². The summed E-state index contributed by atoms with van der Waals surface area (Å²) >= 11 is 0. The molecule has 0 fully saturated rings. The predicted octanol–water partition coefficient (Wildman–Crippen LogP) is 2.32. The van der Waals surface area contributed by atoms with Gasteiger partial charge in [0.1, 0.15) is 5.82 Å². The molecule has 1 N–H and O–H groups in total. The molecule has 1 heterocycles. The van der Waals surface area contributed by atoms with Gasteiger partial charge in [-0.25, -0.2) is 9.18 Å². The Bertz CT molecular complexity index is 559. The summed E-state index contributed by atoms with van der Waals surface area (Å²) in [5.41, 5.74) is 1.39. The molecule has 2 rings (SSSR count). The Kier molecular flexibility index (Phi) is 4.60. The van der Waals surface area contributed by atoms with Gasteiger partial charge in [-0.05, 0) is 24.3 Å².